The lowest BCUT2D eigenvalue weighted by Crippen LogP contribution is -2.28. The van der Waals surface area contributed by atoms with Crippen molar-refractivity contribution in [3.05, 3.63) is 69.5 Å². The molecule has 0 bridgehead atoms. The van der Waals surface area contributed by atoms with Crippen LogP contribution in [0, 0.1) is 0 Å². The van der Waals surface area contributed by atoms with Gasteiger partial charge in [0, 0.05) is 17.8 Å². The molecule has 2 aromatic carbocycles. The zero-order chi connectivity index (χ0) is 23.3. The third kappa shape index (κ3) is 6.03. The third-order valence-electron chi connectivity index (χ3n) is 4.76. The highest BCUT2D eigenvalue weighted by Crippen LogP contribution is 2.23. The molecule has 32 heavy (non-hydrogen) atoms. The van der Waals surface area contributed by atoms with E-state index in [-0.39, 0.29) is 22.6 Å². The lowest BCUT2D eigenvalue weighted by Gasteiger charge is -2.14. The predicted molar refractivity (Wildman–Crippen MR) is 129 cm³/mol. The van der Waals surface area contributed by atoms with E-state index in [0.29, 0.717) is 21.6 Å². The molecule has 2 amide bonds. The van der Waals surface area contributed by atoms with E-state index in [4.69, 9.17) is 23.2 Å². The van der Waals surface area contributed by atoms with Crippen LogP contribution in [0.3, 0.4) is 0 Å². The van der Waals surface area contributed by atoms with Gasteiger partial charge in [-0.25, -0.2) is 0 Å². The first-order valence-corrected chi connectivity index (χ1v) is 11.7. The Labute approximate surface area is 200 Å². The van der Waals surface area contributed by atoms with Gasteiger partial charge in [-0.1, -0.05) is 54.0 Å². The van der Waals surface area contributed by atoms with Gasteiger partial charge in [-0.2, -0.15) is 0 Å². The van der Waals surface area contributed by atoms with Crippen LogP contribution in [0.2, 0.25) is 10.0 Å². The van der Waals surface area contributed by atoms with Crippen LogP contribution in [0.4, 0.5) is 5.69 Å². The minimum atomic E-state index is -0.424. The molecule has 2 N–H and O–H groups in total. The predicted octanol–water partition coefficient (Wildman–Crippen LogP) is 4.91. The SMILES string of the molecule is CCc1ccc(NC(=O)CSc2nnc([C@@H](C)NC(=O)c3ccc(Cl)cc3Cl)n2C)cc1. The Hall–Kier alpha value is -2.55. The lowest BCUT2D eigenvalue weighted by molar-refractivity contribution is -0.113. The summed E-state index contributed by atoms with van der Waals surface area (Å²) >= 11 is 13.3. The Morgan fingerprint density at radius 2 is 1.84 bits per heavy atom. The van der Waals surface area contributed by atoms with E-state index in [9.17, 15) is 9.59 Å². The van der Waals surface area contributed by atoms with Gasteiger partial charge in [0.05, 0.1) is 22.4 Å². The first-order valence-electron chi connectivity index (χ1n) is 9.95. The number of hydrogen-bond acceptors (Lipinski definition) is 5. The van der Waals surface area contributed by atoms with Crippen LogP contribution in [0.5, 0.6) is 0 Å². The number of nitrogens with one attached hydrogen (secondary N) is 2. The zero-order valence-corrected chi connectivity index (χ0v) is 20.2. The number of anilines is 1. The van der Waals surface area contributed by atoms with Crippen LogP contribution < -0.4 is 10.6 Å². The fraction of sp³-hybridized carbons (Fsp3) is 0.273. The number of halogens is 2. The van der Waals surface area contributed by atoms with Crippen molar-refractivity contribution >= 4 is 52.5 Å². The second-order valence-corrected chi connectivity index (χ2v) is 8.89. The fourth-order valence-electron chi connectivity index (χ4n) is 2.99. The van der Waals surface area contributed by atoms with Crippen molar-refractivity contribution < 1.29 is 9.59 Å². The standard InChI is InChI=1S/C22H23Cl2N5O2S/c1-4-14-5-8-16(9-6-14)26-19(30)12-32-22-28-27-20(29(22)3)13(2)25-21(31)17-10-7-15(23)11-18(17)24/h5-11,13H,4,12H2,1-3H3,(H,25,31)(H,26,30)/t13-/m1/s1. The molecule has 1 atom stereocenters. The molecule has 0 fully saturated rings. The maximum Gasteiger partial charge on any atom is 0.253 e. The van der Waals surface area contributed by atoms with Crippen LogP contribution >= 0.6 is 35.0 Å². The van der Waals surface area contributed by atoms with Crippen molar-refractivity contribution in [3.63, 3.8) is 0 Å². The molecule has 168 valence electrons. The van der Waals surface area contributed by atoms with Gasteiger partial charge in [0.15, 0.2) is 11.0 Å². The highest BCUT2D eigenvalue weighted by Gasteiger charge is 2.20. The Kier molecular flexibility index (Phi) is 8.17. The maximum absolute atomic E-state index is 12.6. The first-order chi connectivity index (χ1) is 15.3. The highest BCUT2D eigenvalue weighted by atomic mass is 35.5. The number of aryl methyl sites for hydroxylation is 1. The summed E-state index contributed by atoms with van der Waals surface area (Å²) < 4.78 is 1.75. The van der Waals surface area contributed by atoms with Gasteiger partial charge in [0.1, 0.15) is 0 Å². The monoisotopic (exact) mass is 491 g/mol. The summed E-state index contributed by atoms with van der Waals surface area (Å²) in [7, 11) is 1.79. The summed E-state index contributed by atoms with van der Waals surface area (Å²) in [5, 5.41) is 15.3. The summed E-state index contributed by atoms with van der Waals surface area (Å²) in [5.74, 6) is 0.261. The van der Waals surface area contributed by atoms with Crippen molar-refractivity contribution in [1.29, 1.82) is 0 Å². The lowest BCUT2D eigenvalue weighted by atomic mass is 10.1. The van der Waals surface area contributed by atoms with E-state index in [1.165, 1.54) is 23.4 Å². The van der Waals surface area contributed by atoms with Gasteiger partial charge in [-0.3, -0.25) is 9.59 Å². The van der Waals surface area contributed by atoms with Crippen molar-refractivity contribution in [2.45, 2.75) is 31.5 Å². The van der Waals surface area contributed by atoms with E-state index in [0.717, 1.165) is 12.1 Å². The number of amides is 2. The van der Waals surface area contributed by atoms with Gasteiger partial charge < -0.3 is 15.2 Å². The second-order valence-electron chi connectivity index (χ2n) is 7.11. The third-order valence-corrected chi connectivity index (χ3v) is 6.33. The Morgan fingerprint density at radius 1 is 1.12 bits per heavy atom. The van der Waals surface area contributed by atoms with E-state index < -0.39 is 6.04 Å². The first kappa shape index (κ1) is 24.1. The average Bonchev–Trinajstić information content (AvgIpc) is 3.13. The summed E-state index contributed by atoms with van der Waals surface area (Å²) in [6.07, 6.45) is 0.949. The normalized spacial score (nSPS) is 11.8. The van der Waals surface area contributed by atoms with Crippen molar-refractivity contribution in [3.8, 4) is 0 Å². The van der Waals surface area contributed by atoms with E-state index >= 15 is 0 Å². The molecular formula is C22H23Cl2N5O2S. The summed E-state index contributed by atoms with van der Waals surface area (Å²) in [4.78, 5) is 24.8. The number of rotatable bonds is 8. The van der Waals surface area contributed by atoms with Gasteiger partial charge in [0.25, 0.3) is 5.91 Å². The van der Waals surface area contributed by atoms with Crippen LogP contribution in [-0.2, 0) is 18.3 Å². The molecule has 0 spiro atoms. The molecule has 0 unspecified atom stereocenters. The molecule has 10 heteroatoms. The molecule has 0 saturated heterocycles. The zero-order valence-electron chi connectivity index (χ0n) is 17.9. The number of thioether (sulfide) groups is 1. The molecule has 1 heterocycles. The minimum absolute atomic E-state index is 0.137. The van der Waals surface area contributed by atoms with Crippen LogP contribution in [0.25, 0.3) is 0 Å². The molecule has 3 rings (SSSR count). The maximum atomic E-state index is 12.6. The van der Waals surface area contributed by atoms with Crippen LogP contribution in [0.1, 0.15) is 41.6 Å². The van der Waals surface area contributed by atoms with Gasteiger partial charge >= 0.3 is 0 Å². The van der Waals surface area contributed by atoms with Gasteiger partial charge in [-0.05, 0) is 49.2 Å². The smallest absolute Gasteiger partial charge is 0.253 e. The summed E-state index contributed by atoms with van der Waals surface area (Å²) in [5.41, 5.74) is 2.29. The number of carbonyl (C=O) groups is 2. The number of benzene rings is 2. The minimum Gasteiger partial charge on any atom is -0.342 e. The molecule has 0 aliphatic carbocycles. The highest BCUT2D eigenvalue weighted by molar-refractivity contribution is 7.99. The Bertz CT molecular complexity index is 1120. The molecule has 7 nitrogen and oxygen atoms in total. The van der Waals surface area contributed by atoms with Crippen molar-refractivity contribution in [2.24, 2.45) is 7.05 Å². The second kappa shape index (κ2) is 10.8. The molecule has 0 saturated carbocycles. The quantitative estimate of drug-likeness (QED) is 0.437. The molecular weight excluding hydrogens is 469 g/mol. The average molecular weight is 492 g/mol. The Balaban J connectivity index is 1.57. The number of nitrogens with zero attached hydrogens (tertiary/aromatic N) is 3. The van der Waals surface area contributed by atoms with Gasteiger partial charge in [-0.15, -0.1) is 10.2 Å². The largest absolute Gasteiger partial charge is 0.342 e. The van der Waals surface area contributed by atoms with E-state index in [2.05, 4.69) is 27.8 Å². The van der Waals surface area contributed by atoms with Crippen LogP contribution in [-0.4, -0.2) is 32.3 Å². The molecule has 1 aromatic heterocycles. The van der Waals surface area contributed by atoms with Crippen molar-refractivity contribution in [1.82, 2.24) is 20.1 Å². The Morgan fingerprint density at radius 3 is 2.50 bits per heavy atom. The fourth-order valence-corrected chi connectivity index (χ4v) is 4.20. The molecule has 0 aliphatic heterocycles. The van der Waals surface area contributed by atoms with Crippen molar-refractivity contribution in [2.75, 3.05) is 11.1 Å². The number of hydrogen-bond donors (Lipinski definition) is 2. The summed E-state index contributed by atoms with van der Waals surface area (Å²) in [6, 6.07) is 12.0. The van der Waals surface area contributed by atoms with Gasteiger partial charge in [0.2, 0.25) is 5.91 Å². The summed E-state index contributed by atoms with van der Waals surface area (Å²) in [6.45, 7) is 3.88. The molecule has 0 radical (unpaired) electrons. The number of carbonyl (C=O) groups excluding carboxylic acids is 2. The number of aromatic nitrogens is 3. The molecule has 3 aromatic rings. The topological polar surface area (TPSA) is 88.9 Å². The van der Waals surface area contributed by atoms with Crippen LogP contribution in [0.15, 0.2) is 47.6 Å². The van der Waals surface area contributed by atoms with E-state index in [1.807, 2.05) is 24.3 Å². The molecule has 0 aliphatic rings. The van der Waals surface area contributed by atoms with E-state index in [1.54, 1.807) is 30.7 Å².